The van der Waals surface area contributed by atoms with E-state index in [1.807, 2.05) is 0 Å². The van der Waals surface area contributed by atoms with Crippen LogP contribution in [0.5, 0.6) is 0 Å². The molecule has 8 heavy (non-hydrogen) atoms. The Morgan fingerprint density at radius 1 is 1.38 bits per heavy atom. The zero-order chi connectivity index (χ0) is 5.98. The van der Waals surface area contributed by atoms with Crippen LogP contribution in [-0.2, 0) is 0 Å². The molecule has 44 valence electrons. The first-order chi connectivity index (χ1) is 3.79. The van der Waals surface area contributed by atoms with Crippen LogP contribution in [0.25, 0.3) is 0 Å². The highest BCUT2D eigenvalue weighted by Crippen LogP contribution is 2.10. The Balaban J connectivity index is 2.65. The average Bonchev–Trinajstić information content (AvgIpc) is 1.77. The second-order valence-corrected chi connectivity index (χ2v) is 1.90. The smallest absolute Gasteiger partial charge is 0.0927 e. The molecule has 1 aliphatic carbocycles. The van der Waals surface area contributed by atoms with Crippen molar-refractivity contribution in [2.24, 2.45) is 5.73 Å². The summed E-state index contributed by atoms with van der Waals surface area (Å²) in [7, 11) is 0. The van der Waals surface area contributed by atoms with Crippen molar-refractivity contribution in [3.63, 3.8) is 0 Å². The maximum Gasteiger partial charge on any atom is 0.0927 e. The standard InChI is InChI=1S/C6H9NO/c7-5-1-3-6(8)4-2-5/h1,3,8H,2,4,7H2. The number of hydrogen-bond donors (Lipinski definition) is 2. The number of allylic oxidation sites excluding steroid dienone is 4. The fraction of sp³-hybridized carbons (Fsp3) is 0.333. The summed E-state index contributed by atoms with van der Waals surface area (Å²) in [5, 5.41) is 8.79. The summed E-state index contributed by atoms with van der Waals surface area (Å²) in [6.45, 7) is 0. The molecule has 1 aliphatic rings. The monoisotopic (exact) mass is 111 g/mol. The molecule has 0 unspecified atom stereocenters. The minimum Gasteiger partial charge on any atom is -0.512 e. The molecule has 0 fully saturated rings. The molecule has 2 heteroatoms. The van der Waals surface area contributed by atoms with Gasteiger partial charge in [0, 0.05) is 12.1 Å². The van der Waals surface area contributed by atoms with Gasteiger partial charge in [-0.2, -0.15) is 0 Å². The fourth-order valence-electron chi connectivity index (χ4n) is 0.642. The molecule has 0 aliphatic heterocycles. The van der Waals surface area contributed by atoms with E-state index in [2.05, 4.69) is 0 Å². The predicted molar refractivity (Wildman–Crippen MR) is 32.2 cm³/mol. The van der Waals surface area contributed by atoms with Crippen molar-refractivity contribution >= 4 is 0 Å². The molecule has 0 saturated heterocycles. The Morgan fingerprint density at radius 3 is 2.50 bits per heavy atom. The van der Waals surface area contributed by atoms with Crippen LogP contribution in [0, 0.1) is 0 Å². The van der Waals surface area contributed by atoms with Crippen LogP contribution in [0.4, 0.5) is 0 Å². The van der Waals surface area contributed by atoms with Gasteiger partial charge in [0.15, 0.2) is 0 Å². The summed E-state index contributed by atoms with van der Waals surface area (Å²) < 4.78 is 0. The fourth-order valence-corrected chi connectivity index (χ4v) is 0.642. The van der Waals surface area contributed by atoms with E-state index in [-0.39, 0.29) is 0 Å². The van der Waals surface area contributed by atoms with E-state index in [1.165, 1.54) is 0 Å². The summed E-state index contributed by atoms with van der Waals surface area (Å²) in [5.74, 6) is 0.430. The van der Waals surface area contributed by atoms with Crippen molar-refractivity contribution in [3.05, 3.63) is 23.6 Å². The highest BCUT2D eigenvalue weighted by molar-refractivity contribution is 5.17. The van der Waals surface area contributed by atoms with E-state index in [0.29, 0.717) is 12.2 Å². The van der Waals surface area contributed by atoms with E-state index in [4.69, 9.17) is 10.8 Å². The molecule has 0 amide bonds. The zero-order valence-electron chi connectivity index (χ0n) is 4.59. The molecule has 1 rings (SSSR count). The van der Waals surface area contributed by atoms with Gasteiger partial charge in [0.25, 0.3) is 0 Å². The largest absolute Gasteiger partial charge is 0.512 e. The number of hydrogen-bond acceptors (Lipinski definition) is 2. The van der Waals surface area contributed by atoms with Gasteiger partial charge in [-0.05, 0) is 18.6 Å². The van der Waals surface area contributed by atoms with Gasteiger partial charge >= 0.3 is 0 Å². The van der Waals surface area contributed by atoms with E-state index in [0.717, 1.165) is 12.1 Å². The topological polar surface area (TPSA) is 46.2 Å². The van der Waals surface area contributed by atoms with Crippen molar-refractivity contribution in [3.8, 4) is 0 Å². The summed E-state index contributed by atoms with van der Waals surface area (Å²) in [4.78, 5) is 0. The van der Waals surface area contributed by atoms with Crippen molar-refractivity contribution < 1.29 is 5.11 Å². The molecule has 0 atom stereocenters. The molecule has 0 saturated carbocycles. The van der Waals surface area contributed by atoms with E-state index in [9.17, 15) is 0 Å². The van der Waals surface area contributed by atoms with Crippen molar-refractivity contribution in [1.29, 1.82) is 0 Å². The van der Waals surface area contributed by atoms with Crippen LogP contribution < -0.4 is 5.73 Å². The number of aliphatic hydroxyl groups is 1. The lowest BCUT2D eigenvalue weighted by Gasteiger charge is -2.04. The second-order valence-electron chi connectivity index (χ2n) is 1.90. The van der Waals surface area contributed by atoms with Gasteiger partial charge in [0.2, 0.25) is 0 Å². The summed E-state index contributed by atoms with van der Waals surface area (Å²) >= 11 is 0. The van der Waals surface area contributed by atoms with E-state index in [1.54, 1.807) is 12.2 Å². The molecule has 0 radical (unpaired) electrons. The lowest BCUT2D eigenvalue weighted by atomic mass is 10.1. The number of rotatable bonds is 0. The lowest BCUT2D eigenvalue weighted by molar-refractivity contribution is 0.385. The van der Waals surface area contributed by atoms with Gasteiger partial charge in [0.1, 0.15) is 0 Å². The minimum atomic E-state index is 0.430. The Morgan fingerprint density at radius 2 is 2.12 bits per heavy atom. The molecule has 0 spiro atoms. The summed E-state index contributed by atoms with van der Waals surface area (Å²) in [5.41, 5.74) is 6.25. The number of nitrogens with two attached hydrogens (primary N) is 1. The zero-order valence-corrected chi connectivity index (χ0v) is 4.59. The van der Waals surface area contributed by atoms with Crippen molar-refractivity contribution in [2.75, 3.05) is 0 Å². The quantitative estimate of drug-likeness (QED) is 0.491. The Hall–Kier alpha value is -0.920. The molecule has 3 N–H and O–H groups in total. The molecular formula is C6H9NO. The summed E-state index contributed by atoms with van der Waals surface area (Å²) in [6.07, 6.45) is 4.86. The van der Waals surface area contributed by atoms with Crippen molar-refractivity contribution in [1.82, 2.24) is 0 Å². The predicted octanol–water partition coefficient (Wildman–Crippen LogP) is 1.06. The lowest BCUT2D eigenvalue weighted by Crippen LogP contribution is -2.00. The maximum absolute atomic E-state index is 8.79. The van der Waals surface area contributed by atoms with E-state index >= 15 is 0 Å². The highest BCUT2D eigenvalue weighted by Gasteiger charge is 1.98. The van der Waals surface area contributed by atoms with Crippen LogP contribution >= 0.6 is 0 Å². The summed E-state index contributed by atoms with van der Waals surface area (Å²) in [6, 6.07) is 0. The Labute approximate surface area is 48.3 Å². The Kier molecular flexibility index (Phi) is 1.24. The number of aliphatic hydroxyl groups excluding tert-OH is 1. The molecule has 0 bridgehead atoms. The minimum absolute atomic E-state index is 0.430. The van der Waals surface area contributed by atoms with E-state index < -0.39 is 0 Å². The average molecular weight is 111 g/mol. The third-order valence-corrected chi connectivity index (χ3v) is 1.16. The van der Waals surface area contributed by atoms with Gasteiger partial charge in [-0.1, -0.05) is 0 Å². The van der Waals surface area contributed by atoms with Gasteiger partial charge < -0.3 is 10.8 Å². The molecule has 0 aromatic rings. The first-order valence-corrected chi connectivity index (χ1v) is 2.63. The van der Waals surface area contributed by atoms with Gasteiger partial charge in [-0.25, -0.2) is 0 Å². The van der Waals surface area contributed by atoms with Gasteiger partial charge in [0.05, 0.1) is 5.76 Å². The highest BCUT2D eigenvalue weighted by atomic mass is 16.3. The van der Waals surface area contributed by atoms with Crippen LogP contribution in [0.15, 0.2) is 23.6 Å². The molecule has 2 nitrogen and oxygen atoms in total. The molecular weight excluding hydrogens is 102 g/mol. The third kappa shape index (κ3) is 1.03. The molecule has 0 heterocycles. The Bertz CT molecular complexity index is 129. The SMILES string of the molecule is NC1=CC=C(O)CC1. The van der Waals surface area contributed by atoms with Crippen LogP contribution in [-0.4, -0.2) is 5.11 Å². The van der Waals surface area contributed by atoms with Gasteiger partial charge in [-0.3, -0.25) is 0 Å². The van der Waals surface area contributed by atoms with Crippen LogP contribution in [0.3, 0.4) is 0 Å². The normalized spacial score (nSPS) is 19.5. The third-order valence-electron chi connectivity index (χ3n) is 1.16. The van der Waals surface area contributed by atoms with Crippen LogP contribution in [0.1, 0.15) is 12.8 Å². The molecule has 0 aromatic heterocycles. The maximum atomic E-state index is 8.79. The van der Waals surface area contributed by atoms with Gasteiger partial charge in [-0.15, -0.1) is 0 Å². The first-order valence-electron chi connectivity index (χ1n) is 2.63. The van der Waals surface area contributed by atoms with Crippen molar-refractivity contribution in [2.45, 2.75) is 12.8 Å². The second kappa shape index (κ2) is 1.90. The first kappa shape index (κ1) is 5.22. The molecule has 0 aromatic carbocycles. The van der Waals surface area contributed by atoms with Crippen LogP contribution in [0.2, 0.25) is 0 Å².